The summed E-state index contributed by atoms with van der Waals surface area (Å²) in [7, 11) is -3.94. The maximum Gasteiger partial charge on any atom is 0.181 e. The molecule has 2 rings (SSSR count). The van der Waals surface area contributed by atoms with Gasteiger partial charge < -0.3 is 5.73 Å². The number of nitrogens with two attached hydrogens (primary N) is 1. The van der Waals surface area contributed by atoms with Crippen molar-refractivity contribution in [2.45, 2.75) is 36.1 Å². The molecule has 1 aromatic carbocycles. The highest BCUT2D eigenvalue weighted by atomic mass is 32.2. The van der Waals surface area contributed by atoms with Gasteiger partial charge in [0, 0.05) is 17.7 Å². The molecule has 0 aromatic heterocycles. The van der Waals surface area contributed by atoms with Crippen molar-refractivity contribution in [1.29, 1.82) is 0 Å². The van der Waals surface area contributed by atoms with Gasteiger partial charge in [0.1, 0.15) is 16.5 Å². The number of rotatable bonds is 3. The van der Waals surface area contributed by atoms with Crippen molar-refractivity contribution in [2.24, 2.45) is 5.73 Å². The third kappa shape index (κ3) is 1.93. The predicted molar refractivity (Wildman–Crippen MR) is 64.0 cm³/mol. The van der Waals surface area contributed by atoms with E-state index in [1.54, 1.807) is 6.92 Å². The molecule has 0 aliphatic heterocycles. The number of hydrogen-bond donors (Lipinski definition) is 1. The fraction of sp³-hybridized carbons (Fsp3) is 0.500. The SMILES string of the molecule is CC(N)C1(c2ccc(F)c(S(C)(=O)=O)c2F)CC1. The average molecular weight is 275 g/mol. The smallest absolute Gasteiger partial charge is 0.181 e. The molecule has 1 saturated carbocycles. The fourth-order valence-electron chi connectivity index (χ4n) is 2.36. The van der Waals surface area contributed by atoms with Gasteiger partial charge in [-0.05, 0) is 31.4 Å². The molecule has 0 amide bonds. The maximum absolute atomic E-state index is 14.3. The summed E-state index contributed by atoms with van der Waals surface area (Å²) >= 11 is 0. The number of sulfone groups is 1. The minimum absolute atomic E-state index is 0.208. The molecule has 1 aromatic rings. The lowest BCUT2D eigenvalue weighted by Gasteiger charge is -2.21. The zero-order valence-corrected chi connectivity index (χ0v) is 11.0. The first-order chi connectivity index (χ1) is 8.20. The van der Waals surface area contributed by atoms with E-state index in [-0.39, 0.29) is 11.6 Å². The first-order valence-electron chi connectivity index (χ1n) is 5.64. The van der Waals surface area contributed by atoms with E-state index in [4.69, 9.17) is 5.73 Å². The molecule has 0 saturated heterocycles. The monoisotopic (exact) mass is 275 g/mol. The lowest BCUT2D eigenvalue weighted by atomic mass is 9.89. The minimum atomic E-state index is -3.94. The molecule has 100 valence electrons. The van der Waals surface area contributed by atoms with Gasteiger partial charge in [0.2, 0.25) is 0 Å². The van der Waals surface area contributed by atoms with Crippen LogP contribution in [0.15, 0.2) is 17.0 Å². The van der Waals surface area contributed by atoms with Crippen LogP contribution in [0, 0.1) is 11.6 Å². The highest BCUT2D eigenvalue weighted by Crippen LogP contribution is 2.51. The Labute approximate surface area is 105 Å². The Balaban J connectivity index is 2.67. The van der Waals surface area contributed by atoms with Gasteiger partial charge in [0.15, 0.2) is 9.84 Å². The zero-order chi connectivity index (χ0) is 13.7. The van der Waals surface area contributed by atoms with Gasteiger partial charge in [0.05, 0.1) is 0 Å². The van der Waals surface area contributed by atoms with Crippen molar-refractivity contribution in [3.63, 3.8) is 0 Å². The van der Waals surface area contributed by atoms with E-state index in [2.05, 4.69) is 0 Å². The first-order valence-corrected chi connectivity index (χ1v) is 7.53. The largest absolute Gasteiger partial charge is 0.327 e. The number of halogens is 2. The summed E-state index contributed by atoms with van der Waals surface area (Å²) in [6.45, 7) is 1.75. The van der Waals surface area contributed by atoms with Crippen molar-refractivity contribution in [1.82, 2.24) is 0 Å². The van der Waals surface area contributed by atoms with Crippen LogP contribution < -0.4 is 5.73 Å². The normalized spacial score (nSPS) is 19.6. The van der Waals surface area contributed by atoms with Crippen LogP contribution >= 0.6 is 0 Å². The number of hydrogen-bond acceptors (Lipinski definition) is 3. The van der Waals surface area contributed by atoms with Crippen LogP contribution in [0.1, 0.15) is 25.3 Å². The Bertz CT molecular complexity index is 592. The van der Waals surface area contributed by atoms with Crippen molar-refractivity contribution in [3.05, 3.63) is 29.3 Å². The van der Waals surface area contributed by atoms with E-state index in [9.17, 15) is 17.2 Å². The molecule has 1 atom stereocenters. The van der Waals surface area contributed by atoms with Crippen LogP contribution in [0.5, 0.6) is 0 Å². The fourth-order valence-corrected chi connectivity index (χ4v) is 3.22. The third-order valence-electron chi connectivity index (χ3n) is 3.62. The van der Waals surface area contributed by atoms with Gasteiger partial charge in [-0.3, -0.25) is 0 Å². The summed E-state index contributed by atoms with van der Waals surface area (Å²) < 4.78 is 50.6. The molecule has 0 bridgehead atoms. The second-order valence-electron chi connectivity index (χ2n) is 4.96. The van der Waals surface area contributed by atoms with Crippen LogP contribution in [0.3, 0.4) is 0 Å². The Kier molecular flexibility index (Phi) is 2.98. The first kappa shape index (κ1) is 13.4. The van der Waals surface area contributed by atoms with Crippen LogP contribution in [-0.2, 0) is 15.3 Å². The van der Waals surface area contributed by atoms with Crippen LogP contribution in [0.2, 0.25) is 0 Å². The standard InChI is InChI=1S/C12H15F2NO2S/c1-7(15)12(5-6-12)8-3-4-9(13)11(10(8)14)18(2,16)17/h3-4,7H,5-6,15H2,1-2H3. The van der Waals surface area contributed by atoms with Crippen LogP contribution in [0.25, 0.3) is 0 Å². The molecule has 0 spiro atoms. The topological polar surface area (TPSA) is 60.2 Å². The van der Waals surface area contributed by atoms with Crippen LogP contribution in [0.4, 0.5) is 8.78 Å². The Hall–Kier alpha value is -1.01. The molecule has 3 nitrogen and oxygen atoms in total. The Morgan fingerprint density at radius 1 is 1.33 bits per heavy atom. The van der Waals surface area contributed by atoms with Gasteiger partial charge in [-0.25, -0.2) is 17.2 Å². The summed E-state index contributed by atoms with van der Waals surface area (Å²) in [5.41, 5.74) is 5.48. The van der Waals surface area contributed by atoms with E-state index < -0.39 is 31.8 Å². The summed E-state index contributed by atoms with van der Waals surface area (Å²) in [6, 6.07) is 2.00. The minimum Gasteiger partial charge on any atom is -0.327 e. The molecule has 1 aliphatic carbocycles. The van der Waals surface area contributed by atoms with Gasteiger partial charge in [-0.1, -0.05) is 6.07 Å². The summed E-state index contributed by atoms with van der Waals surface area (Å²) in [5, 5.41) is 0. The van der Waals surface area contributed by atoms with Crippen molar-refractivity contribution in [2.75, 3.05) is 6.26 Å². The third-order valence-corrected chi connectivity index (χ3v) is 4.73. The van der Waals surface area contributed by atoms with E-state index in [0.29, 0.717) is 12.8 Å². The van der Waals surface area contributed by atoms with Gasteiger partial charge in [0.25, 0.3) is 0 Å². The lowest BCUT2D eigenvalue weighted by molar-refractivity contribution is 0.475. The van der Waals surface area contributed by atoms with Gasteiger partial charge in [-0.2, -0.15) is 0 Å². The molecule has 18 heavy (non-hydrogen) atoms. The molecule has 6 heteroatoms. The maximum atomic E-state index is 14.3. The summed E-state index contributed by atoms with van der Waals surface area (Å²) in [6.07, 6.45) is 2.18. The van der Waals surface area contributed by atoms with Gasteiger partial charge in [-0.15, -0.1) is 0 Å². The molecule has 1 fully saturated rings. The molecule has 0 radical (unpaired) electrons. The van der Waals surface area contributed by atoms with Crippen molar-refractivity contribution in [3.8, 4) is 0 Å². The molecule has 1 unspecified atom stereocenters. The Morgan fingerprint density at radius 3 is 2.28 bits per heavy atom. The molecule has 2 N–H and O–H groups in total. The molecular formula is C12H15F2NO2S. The molecular weight excluding hydrogens is 260 g/mol. The predicted octanol–water partition coefficient (Wildman–Crippen LogP) is 1.75. The zero-order valence-electron chi connectivity index (χ0n) is 10.2. The Morgan fingerprint density at radius 2 is 1.89 bits per heavy atom. The summed E-state index contributed by atoms with van der Waals surface area (Å²) in [4.78, 5) is -0.855. The quantitative estimate of drug-likeness (QED) is 0.914. The molecule has 1 aliphatic rings. The number of benzene rings is 1. The van der Waals surface area contributed by atoms with E-state index >= 15 is 0 Å². The highest BCUT2D eigenvalue weighted by molar-refractivity contribution is 7.90. The summed E-state index contributed by atoms with van der Waals surface area (Å²) in [5.74, 6) is -2.05. The lowest BCUT2D eigenvalue weighted by Crippen LogP contribution is -2.32. The highest BCUT2D eigenvalue weighted by Gasteiger charge is 2.49. The van der Waals surface area contributed by atoms with E-state index in [1.807, 2.05) is 0 Å². The second kappa shape index (κ2) is 3.99. The van der Waals surface area contributed by atoms with E-state index in [1.165, 1.54) is 6.07 Å². The second-order valence-corrected chi connectivity index (χ2v) is 6.91. The van der Waals surface area contributed by atoms with Gasteiger partial charge >= 0.3 is 0 Å². The molecule has 0 heterocycles. The van der Waals surface area contributed by atoms with Crippen molar-refractivity contribution < 1.29 is 17.2 Å². The average Bonchev–Trinajstić information content (AvgIpc) is 2.96. The van der Waals surface area contributed by atoms with Crippen molar-refractivity contribution >= 4 is 9.84 Å². The van der Waals surface area contributed by atoms with Crippen LogP contribution in [-0.4, -0.2) is 20.7 Å². The van der Waals surface area contributed by atoms with E-state index in [0.717, 1.165) is 12.3 Å².